The van der Waals surface area contributed by atoms with Gasteiger partial charge in [0.2, 0.25) is 11.7 Å². The van der Waals surface area contributed by atoms with E-state index in [2.05, 4.69) is 15.5 Å². The Kier molecular flexibility index (Phi) is 3.15. The van der Waals surface area contributed by atoms with E-state index in [1.807, 2.05) is 31.3 Å². The third-order valence-corrected chi connectivity index (χ3v) is 3.01. The lowest BCUT2D eigenvalue weighted by molar-refractivity contribution is -0.129. The van der Waals surface area contributed by atoms with E-state index in [1.54, 1.807) is 10.6 Å². The summed E-state index contributed by atoms with van der Waals surface area (Å²) in [6.45, 7) is 0. The predicted molar refractivity (Wildman–Crippen MR) is 77.2 cm³/mol. The highest BCUT2D eigenvalue weighted by atomic mass is 16.4. The zero-order chi connectivity index (χ0) is 14.8. The number of furan rings is 1. The Morgan fingerprint density at radius 1 is 1.33 bits per heavy atom. The molecule has 0 unspecified atom stereocenters. The second kappa shape index (κ2) is 5.12. The SMILES string of the molecule is Cn1c(N/N=C(\C(=O)O)c2ccco2)nc2ccccc21. The number of aryl methyl sites for hydroxylation is 1. The molecule has 3 rings (SSSR count). The van der Waals surface area contributed by atoms with Gasteiger partial charge in [-0.25, -0.2) is 15.2 Å². The number of nitrogens with zero attached hydrogens (tertiary/aromatic N) is 3. The molecule has 0 aliphatic heterocycles. The zero-order valence-corrected chi connectivity index (χ0v) is 11.1. The molecule has 0 fully saturated rings. The van der Waals surface area contributed by atoms with Crippen molar-refractivity contribution in [3.63, 3.8) is 0 Å². The quantitative estimate of drug-likeness (QED) is 0.565. The number of hydrazone groups is 1. The molecule has 0 bridgehead atoms. The third-order valence-electron chi connectivity index (χ3n) is 3.01. The Labute approximate surface area is 119 Å². The summed E-state index contributed by atoms with van der Waals surface area (Å²) in [6.07, 6.45) is 1.39. The lowest BCUT2D eigenvalue weighted by Crippen LogP contribution is -2.16. The maximum atomic E-state index is 11.2. The summed E-state index contributed by atoms with van der Waals surface area (Å²) in [7, 11) is 1.82. The summed E-state index contributed by atoms with van der Waals surface area (Å²) < 4.78 is 6.85. The number of benzene rings is 1. The van der Waals surface area contributed by atoms with Gasteiger partial charge in [0, 0.05) is 7.05 Å². The van der Waals surface area contributed by atoms with Crippen LogP contribution in [0.25, 0.3) is 11.0 Å². The van der Waals surface area contributed by atoms with Crippen molar-refractivity contribution in [3.8, 4) is 0 Å². The largest absolute Gasteiger partial charge is 0.476 e. The highest BCUT2D eigenvalue weighted by Crippen LogP contribution is 2.17. The molecule has 7 nitrogen and oxygen atoms in total. The highest BCUT2D eigenvalue weighted by Gasteiger charge is 2.16. The second-order valence-corrected chi connectivity index (χ2v) is 4.34. The Hall–Kier alpha value is -3.09. The number of imidazole rings is 1. The first-order chi connectivity index (χ1) is 10.2. The molecule has 1 aromatic carbocycles. The van der Waals surface area contributed by atoms with Crippen LogP contribution in [0.1, 0.15) is 5.76 Å². The van der Waals surface area contributed by atoms with E-state index in [9.17, 15) is 9.90 Å². The summed E-state index contributed by atoms with van der Waals surface area (Å²) in [5.74, 6) is -0.563. The molecule has 2 aromatic heterocycles. The van der Waals surface area contributed by atoms with Crippen molar-refractivity contribution < 1.29 is 14.3 Å². The predicted octanol–water partition coefficient (Wildman–Crippen LogP) is 2.07. The molecule has 3 aromatic rings. The average molecular weight is 284 g/mol. The van der Waals surface area contributed by atoms with Crippen molar-refractivity contribution in [3.05, 3.63) is 48.4 Å². The molecule has 0 aliphatic rings. The van der Waals surface area contributed by atoms with E-state index in [1.165, 1.54) is 12.3 Å². The van der Waals surface area contributed by atoms with Crippen LogP contribution in [0.5, 0.6) is 0 Å². The number of rotatable bonds is 4. The van der Waals surface area contributed by atoms with Gasteiger partial charge in [-0.1, -0.05) is 12.1 Å². The van der Waals surface area contributed by atoms with Crippen LogP contribution in [0.2, 0.25) is 0 Å². The topological polar surface area (TPSA) is 92.7 Å². The fourth-order valence-electron chi connectivity index (χ4n) is 1.97. The van der Waals surface area contributed by atoms with Gasteiger partial charge < -0.3 is 14.1 Å². The van der Waals surface area contributed by atoms with Gasteiger partial charge >= 0.3 is 5.97 Å². The second-order valence-electron chi connectivity index (χ2n) is 4.34. The fourth-order valence-corrected chi connectivity index (χ4v) is 1.97. The van der Waals surface area contributed by atoms with Crippen molar-refractivity contribution in [1.82, 2.24) is 9.55 Å². The van der Waals surface area contributed by atoms with Crippen molar-refractivity contribution in [2.75, 3.05) is 5.43 Å². The molecule has 0 spiro atoms. The Morgan fingerprint density at radius 2 is 2.14 bits per heavy atom. The molecule has 0 radical (unpaired) electrons. The maximum absolute atomic E-state index is 11.2. The molecule has 21 heavy (non-hydrogen) atoms. The van der Waals surface area contributed by atoms with E-state index < -0.39 is 5.97 Å². The lowest BCUT2D eigenvalue weighted by atomic mass is 10.3. The van der Waals surface area contributed by atoms with Crippen molar-refractivity contribution in [1.29, 1.82) is 0 Å². The van der Waals surface area contributed by atoms with Crippen LogP contribution >= 0.6 is 0 Å². The molecule has 0 saturated carbocycles. The minimum Gasteiger partial charge on any atom is -0.476 e. The molecule has 106 valence electrons. The summed E-state index contributed by atoms with van der Waals surface area (Å²) in [5, 5.41) is 13.1. The molecule has 0 saturated heterocycles. The highest BCUT2D eigenvalue weighted by molar-refractivity contribution is 6.41. The number of aromatic nitrogens is 2. The molecule has 0 amide bonds. The molecule has 2 heterocycles. The number of carbonyl (C=O) groups is 1. The van der Waals surface area contributed by atoms with Gasteiger partial charge in [0.15, 0.2) is 5.76 Å². The molecule has 0 aliphatic carbocycles. The minimum absolute atomic E-state index is 0.175. The van der Waals surface area contributed by atoms with E-state index >= 15 is 0 Å². The number of carboxylic acid groups (broad SMARTS) is 1. The van der Waals surface area contributed by atoms with Crippen LogP contribution in [-0.4, -0.2) is 26.3 Å². The van der Waals surface area contributed by atoms with Crippen LogP contribution in [-0.2, 0) is 11.8 Å². The summed E-state index contributed by atoms with van der Waals surface area (Å²) >= 11 is 0. The first kappa shape index (κ1) is 12.9. The fraction of sp³-hybridized carbons (Fsp3) is 0.0714. The van der Waals surface area contributed by atoms with E-state index in [4.69, 9.17) is 4.42 Å². The Morgan fingerprint density at radius 3 is 2.81 bits per heavy atom. The van der Waals surface area contributed by atoms with Gasteiger partial charge in [0.25, 0.3) is 0 Å². The van der Waals surface area contributed by atoms with Crippen LogP contribution < -0.4 is 5.43 Å². The van der Waals surface area contributed by atoms with Gasteiger partial charge in [0.05, 0.1) is 17.3 Å². The standard InChI is InChI=1S/C14H12N4O3/c1-18-10-6-3-2-5-9(10)15-14(18)17-16-12(13(19)20)11-7-4-8-21-11/h2-8H,1H3,(H,15,17)(H,19,20)/b16-12-. The molecular formula is C14H12N4O3. The number of nitrogens with one attached hydrogen (secondary N) is 1. The number of anilines is 1. The maximum Gasteiger partial charge on any atom is 0.360 e. The summed E-state index contributed by atoms with van der Waals surface area (Å²) in [6, 6.07) is 10.7. The van der Waals surface area contributed by atoms with Crippen LogP contribution in [0, 0.1) is 0 Å². The number of fused-ring (bicyclic) bond motifs is 1. The summed E-state index contributed by atoms with van der Waals surface area (Å²) in [4.78, 5) is 15.6. The molecule has 7 heteroatoms. The van der Waals surface area contributed by atoms with Crippen LogP contribution in [0.4, 0.5) is 5.95 Å². The Bertz CT molecular complexity index is 818. The first-order valence-electron chi connectivity index (χ1n) is 6.19. The van der Waals surface area contributed by atoms with Crippen LogP contribution in [0.15, 0.2) is 52.2 Å². The van der Waals surface area contributed by atoms with Gasteiger partial charge in [0.1, 0.15) is 0 Å². The smallest absolute Gasteiger partial charge is 0.360 e. The van der Waals surface area contributed by atoms with E-state index in [0.717, 1.165) is 11.0 Å². The minimum atomic E-state index is -1.18. The van der Waals surface area contributed by atoms with E-state index in [0.29, 0.717) is 5.95 Å². The van der Waals surface area contributed by atoms with Crippen molar-refractivity contribution >= 4 is 28.7 Å². The monoisotopic (exact) mass is 284 g/mol. The summed E-state index contributed by atoms with van der Waals surface area (Å²) in [5.41, 5.74) is 4.18. The van der Waals surface area contributed by atoms with Crippen molar-refractivity contribution in [2.45, 2.75) is 0 Å². The number of carboxylic acids is 1. The third kappa shape index (κ3) is 2.36. The first-order valence-corrected chi connectivity index (χ1v) is 6.19. The van der Waals surface area contributed by atoms with E-state index in [-0.39, 0.29) is 11.5 Å². The van der Waals surface area contributed by atoms with Crippen molar-refractivity contribution in [2.24, 2.45) is 12.1 Å². The normalized spacial score (nSPS) is 11.8. The molecule has 2 N–H and O–H groups in total. The number of hydrogen-bond acceptors (Lipinski definition) is 5. The number of aliphatic carboxylic acids is 1. The lowest BCUT2D eigenvalue weighted by Gasteiger charge is -2.02. The van der Waals surface area contributed by atoms with Gasteiger partial charge in [-0.2, -0.15) is 5.10 Å². The van der Waals surface area contributed by atoms with Crippen LogP contribution in [0.3, 0.4) is 0 Å². The van der Waals surface area contributed by atoms with Gasteiger partial charge in [-0.15, -0.1) is 0 Å². The van der Waals surface area contributed by atoms with Gasteiger partial charge in [-0.05, 0) is 24.3 Å². The molecular weight excluding hydrogens is 272 g/mol. The molecule has 0 atom stereocenters. The Balaban J connectivity index is 1.96. The average Bonchev–Trinajstić information content (AvgIpc) is 3.09. The zero-order valence-electron chi connectivity index (χ0n) is 11.1. The number of hydrogen-bond donors (Lipinski definition) is 2. The number of para-hydroxylation sites is 2. The van der Waals surface area contributed by atoms with Gasteiger partial charge in [-0.3, -0.25) is 0 Å².